The van der Waals surface area contributed by atoms with Crippen LogP contribution in [0.2, 0.25) is 0 Å². The zero-order chi connectivity index (χ0) is 18.1. The van der Waals surface area contributed by atoms with Crippen molar-refractivity contribution in [2.75, 3.05) is 10.2 Å². The number of fused-ring (bicyclic) bond motifs is 1. The molecule has 1 unspecified atom stereocenters. The molecule has 0 saturated carbocycles. The van der Waals surface area contributed by atoms with E-state index in [1.807, 2.05) is 13.0 Å². The maximum atomic E-state index is 4.80. The van der Waals surface area contributed by atoms with Gasteiger partial charge in [0.1, 0.15) is 5.82 Å². The van der Waals surface area contributed by atoms with Crippen LogP contribution in [-0.4, -0.2) is 16.0 Å². The number of aromatic nitrogens is 2. The number of rotatable bonds is 4. The Morgan fingerprint density at radius 3 is 2.62 bits per heavy atom. The summed E-state index contributed by atoms with van der Waals surface area (Å²) in [6.07, 6.45) is 1.03. The highest BCUT2D eigenvalue weighted by Crippen LogP contribution is 2.36. The fraction of sp³-hybridized carbons (Fsp3) is 0.273. The Bertz CT molecular complexity index is 918. The van der Waals surface area contributed by atoms with E-state index in [4.69, 9.17) is 9.97 Å². The Hall–Kier alpha value is -2.88. The van der Waals surface area contributed by atoms with Crippen molar-refractivity contribution in [2.45, 2.75) is 39.8 Å². The Balaban J connectivity index is 1.59. The first-order valence-electron chi connectivity index (χ1n) is 9.12. The van der Waals surface area contributed by atoms with Crippen LogP contribution >= 0.6 is 0 Å². The molecule has 1 aliphatic heterocycles. The highest BCUT2D eigenvalue weighted by Gasteiger charge is 2.28. The van der Waals surface area contributed by atoms with E-state index in [1.54, 1.807) is 0 Å². The summed E-state index contributed by atoms with van der Waals surface area (Å²) >= 11 is 0. The molecule has 1 aromatic heterocycles. The Kier molecular flexibility index (Phi) is 4.33. The second kappa shape index (κ2) is 6.79. The Labute approximate surface area is 154 Å². The lowest BCUT2D eigenvalue weighted by Crippen LogP contribution is -2.26. The van der Waals surface area contributed by atoms with Gasteiger partial charge in [-0.1, -0.05) is 48.0 Å². The van der Waals surface area contributed by atoms with Crippen molar-refractivity contribution in [3.8, 4) is 0 Å². The molecule has 0 radical (unpaired) electrons. The average Bonchev–Trinajstić information content (AvgIpc) is 2.96. The Morgan fingerprint density at radius 1 is 1.04 bits per heavy atom. The van der Waals surface area contributed by atoms with Crippen molar-refractivity contribution in [2.24, 2.45) is 0 Å². The lowest BCUT2D eigenvalue weighted by molar-refractivity contribution is 0.738. The van der Waals surface area contributed by atoms with Crippen molar-refractivity contribution >= 4 is 17.5 Å². The molecule has 4 nitrogen and oxygen atoms in total. The molecule has 26 heavy (non-hydrogen) atoms. The van der Waals surface area contributed by atoms with Crippen LogP contribution < -0.4 is 10.2 Å². The van der Waals surface area contributed by atoms with E-state index in [2.05, 4.69) is 72.6 Å². The third kappa shape index (κ3) is 3.27. The van der Waals surface area contributed by atoms with Gasteiger partial charge in [-0.15, -0.1) is 0 Å². The van der Waals surface area contributed by atoms with Gasteiger partial charge in [-0.3, -0.25) is 0 Å². The highest BCUT2D eigenvalue weighted by atomic mass is 15.3. The number of para-hydroxylation sites is 1. The number of hydrogen-bond acceptors (Lipinski definition) is 4. The van der Waals surface area contributed by atoms with Crippen molar-refractivity contribution < 1.29 is 0 Å². The monoisotopic (exact) mass is 344 g/mol. The van der Waals surface area contributed by atoms with Gasteiger partial charge >= 0.3 is 0 Å². The summed E-state index contributed by atoms with van der Waals surface area (Å²) in [5.74, 6) is 1.64. The first-order valence-corrected chi connectivity index (χ1v) is 9.12. The lowest BCUT2D eigenvalue weighted by Gasteiger charge is -2.23. The fourth-order valence-electron chi connectivity index (χ4n) is 3.52. The molecule has 3 aromatic rings. The molecule has 1 atom stereocenters. The van der Waals surface area contributed by atoms with E-state index in [-0.39, 0.29) is 0 Å². The molecular weight excluding hydrogens is 320 g/mol. The number of anilines is 3. The van der Waals surface area contributed by atoms with Crippen molar-refractivity contribution in [1.82, 2.24) is 9.97 Å². The lowest BCUT2D eigenvalue weighted by atomic mass is 10.1. The molecular formula is C22H24N4. The largest absolute Gasteiger partial charge is 0.366 e. The molecule has 1 N–H and O–H groups in total. The summed E-state index contributed by atoms with van der Waals surface area (Å²) in [4.78, 5) is 11.8. The van der Waals surface area contributed by atoms with E-state index in [0.29, 0.717) is 6.04 Å². The topological polar surface area (TPSA) is 41.1 Å². The predicted octanol–water partition coefficient (Wildman–Crippen LogP) is 4.79. The summed E-state index contributed by atoms with van der Waals surface area (Å²) in [5, 5.41) is 3.45. The van der Waals surface area contributed by atoms with Crippen molar-refractivity contribution in [3.05, 3.63) is 77.0 Å². The SMILES string of the molecule is Cc1ccc(CNc2cc(C)nc(N3c4ccccc4CC3C)n2)cc1. The van der Waals surface area contributed by atoms with E-state index in [0.717, 1.165) is 30.4 Å². The quantitative estimate of drug-likeness (QED) is 0.739. The molecule has 0 fully saturated rings. The average molecular weight is 344 g/mol. The Morgan fingerprint density at radius 2 is 1.81 bits per heavy atom. The van der Waals surface area contributed by atoms with E-state index in [9.17, 15) is 0 Å². The van der Waals surface area contributed by atoms with Gasteiger partial charge in [0, 0.05) is 30.0 Å². The van der Waals surface area contributed by atoms with Crippen molar-refractivity contribution in [3.63, 3.8) is 0 Å². The summed E-state index contributed by atoms with van der Waals surface area (Å²) < 4.78 is 0. The number of aryl methyl sites for hydroxylation is 2. The minimum absolute atomic E-state index is 0.360. The van der Waals surface area contributed by atoms with Gasteiger partial charge in [0.05, 0.1) is 0 Å². The van der Waals surface area contributed by atoms with Crippen LogP contribution in [0.4, 0.5) is 17.5 Å². The third-order valence-electron chi connectivity index (χ3n) is 4.86. The molecule has 0 amide bonds. The van der Waals surface area contributed by atoms with Gasteiger partial charge in [-0.05, 0) is 44.4 Å². The van der Waals surface area contributed by atoms with Gasteiger partial charge in [0.15, 0.2) is 0 Å². The van der Waals surface area contributed by atoms with E-state index < -0.39 is 0 Å². The highest BCUT2D eigenvalue weighted by molar-refractivity contribution is 5.67. The zero-order valence-electron chi connectivity index (χ0n) is 15.5. The number of benzene rings is 2. The molecule has 132 valence electrons. The van der Waals surface area contributed by atoms with Crippen LogP contribution in [0.25, 0.3) is 0 Å². The van der Waals surface area contributed by atoms with Gasteiger partial charge in [-0.25, -0.2) is 4.98 Å². The minimum atomic E-state index is 0.360. The van der Waals surface area contributed by atoms with Crippen LogP contribution in [0.1, 0.15) is 29.3 Å². The smallest absolute Gasteiger partial charge is 0.232 e. The molecule has 4 heteroatoms. The normalized spacial score (nSPS) is 15.8. The number of hydrogen-bond donors (Lipinski definition) is 1. The summed E-state index contributed by atoms with van der Waals surface area (Å²) in [7, 11) is 0. The molecule has 2 heterocycles. The molecule has 0 saturated heterocycles. The van der Waals surface area contributed by atoms with Crippen LogP contribution in [-0.2, 0) is 13.0 Å². The van der Waals surface area contributed by atoms with Crippen molar-refractivity contribution in [1.29, 1.82) is 0 Å². The van der Waals surface area contributed by atoms with Gasteiger partial charge < -0.3 is 10.2 Å². The molecule has 0 bridgehead atoms. The molecule has 4 rings (SSSR count). The summed E-state index contributed by atoms with van der Waals surface area (Å²) in [6, 6.07) is 19.5. The molecule has 1 aliphatic rings. The van der Waals surface area contributed by atoms with Gasteiger partial charge in [-0.2, -0.15) is 4.98 Å². The molecule has 2 aromatic carbocycles. The predicted molar refractivity (Wildman–Crippen MR) is 107 cm³/mol. The molecule has 0 aliphatic carbocycles. The van der Waals surface area contributed by atoms with Crippen LogP contribution in [0.3, 0.4) is 0 Å². The fourth-order valence-corrected chi connectivity index (χ4v) is 3.52. The van der Waals surface area contributed by atoms with Crippen LogP contribution in [0.5, 0.6) is 0 Å². The molecule has 0 spiro atoms. The summed E-state index contributed by atoms with van der Waals surface area (Å²) in [6.45, 7) is 7.11. The zero-order valence-corrected chi connectivity index (χ0v) is 15.5. The number of nitrogens with one attached hydrogen (secondary N) is 1. The van der Waals surface area contributed by atoms with E-state index >= 15 is 0 Å². The first-order chi connectivity index (χ1) is 12.6. The van der Waals surface area contributed by atoms with Gasteiger partial charge in [0.2, 0.25) is 5.95 Å². The maximum absolute atomic E-state index is 4.80. The first kappa shape index (κ1) is 16.6. The third-order valence-corrected chi connectivity index (χ3v) is 4.86. The summed E-state index contributed by atoms with van der Waals surface area (Å²) in [5.41, 5.74) is 6.07. The standard InChI is InChI=1S/C22H24N4/c1-15-8-10-18(11-9-15)14-23-21-12-16(2)24-22(25-21)26-17(3)13-19-6-4-5-7-20(19)26/h4-12,17H,13-14H2,1-3H3,(H,23,24,25). The van der Waals surface area contributed by atoms with Crippen LogP contribution in [0, 0.1) is 13.8 Å². The maximum Gasteiger partial charge on any atom is 0.232 e. The van der Waals surface area contributed by atoms with Crippen LogP contribution in [0.15, 0.2) is 54.6 Å². The van der Waals surface area contributed by atoms with E-state index in [1.165, 1.54) is 22.4 Å². The second-order valence-corrected chi connectivity index (χ2v) is 7.09. The second-order valence-electron chi connectivity index (χ2n) is 7.09. The number of nitrogens with zero attached hydrogens (tertiary/aromatic N) is 3. The van der Waals surface area contributed by atoms with Gasteiger partial charge in [0.25, 0.3) is 0 Å². The minimum Gasteiger partial charge on any atom is -0.366 e.